The van der Waals surface area contributed by atoms with Gasteiger partial charge in [0.05, 0.1) is 12.6 Å². The first kappa shape index (κ1) is 13.4. The minimum absolute atomic E-state index is 0.526. The van der Waals surface area contributed by atoms with Crippen LogP contribution in [0.5, 0.6) is 0 Å². The molecule has 2 aliphatic rings. The first-order valence-electron chi connectivity index (χ1n) is 7.21. The van der Waals surface area contributed by atoms with Gasteiger partial charge in [0.1, 0.15) is 0 Å². The van der Waals surface area contributed by atoms with E-state index >= 15 is 0 Å². The van der Waals surface area contributed by atoms with Gasteiger partial charge in [0.15, 0.2) is 5.96 Å². The monoisotopic (exact) mass is 249 g/mol. The predicted molar refractivity (Wildman–Crippen MR) is 77.5 cm³/mol. The van der Waals surface area contributed by atoms with Crippen LogP contribution in [-0.4, -0.2) is 30.0 Å². The van der Waals surface area contributed by atoms with Crippen LogP contribution in [0, 0.1) is 17.8 Å². The van der Waals surface area contributed by atoms with Gasteiger partial charge in [0.25, 0.3) is 0 Å². The Balaban J connectivity index is 2.06. The van der Waals surface area contributed by atoms with Gasteiger partial charge < -0.3 is 10.6 Å². The van der Waals surface area contributed by atoms with Gasteiger partial charge in [0, 0.05) is 6.54 Å². The zero-order valence-electron chi connectivity index (χ0n) is 12.2. The number of guanidine groups is 1. The third kappa shape index (κ3) is 2.88. The van der Waals surface area contributed by atoms with E-state index in [9.17, 15) is 0 Å². The van der Waals surface area contributed by atoms with E-state index in [1.54, 1.807) is 0 Å². The van der Waals surface area contributed by atoms with Crippen LogP contribution in [0.15, 0.2) is 16.6 Å². The number of hydrogen-bond donors (Lipinski definition) is 1. The second kappa shape index (κ2) is 5.33. The summed E-state index contributed by atoms with van der Waals surface area (Å²) in [7, 11) is 0. The van der Waals surface area contributed by atoms with Crippen LogP contribution in [0.25, 0.3) is 0 Å². The van der Waals surface area contributed by atoms with Gasteiger partial charge in [0.2, 0.25) is 0 Å². The minimum atomic E-state index is 0.526. The third-order valence-electron chi connectivity index (χ3n) is 4.07. The van der Waals surface area contributed by atoms with Gasteiger partial charge in [-0.15, -0.1) is 0 Å². The molecule has 2 rings (SSSR count). The molecule has 0 bridgehead atoms. The zero-order valence-corrected chi connectivity index (χ0v) is 12.2. The Kier molecular flexibility index (Phi) is 3.98. The third-order valence-corrected chi connectivity index (χ3v) is 4.07. The van der Waals surface area contributed by atoms with Crippen molar-refractivity contribution in [1.29, 1.82) is 0 Å². The summed E-state index contributed by atoms with van der Waals surface area (Å²) >= 11 is 0. The lowest BCUT2D eigenvalue weighted by atomic mass is 9.79. The lowest BCUT2D eigenvalue weighted by molar-refractivity contribution is 0.204. The Morgan fingerprint density at radius 1 is 1.50 bits per heavy atom. The van der Waals surface area contributed by atoms with Crippen molar-refractivity contribution >= 4 is 5.96 Å². The fourth-order valence-electron chi connectivity index (χ4n) is 3.46. The molecule has 3 atom stereocenters. The highest BCUT2D eigenvalue weighted by Gasteiger charge is 2.34. The van der Waals surface area contributed by atoms with E-state index in [-0.39, 0.29) is 0 Å². The Bertz CT molecular complexity index is 357. The molecule has 0 spiro atoms. The Labute approximate surface area is 111 Å². The fourth-order valence-corrected chi connectivity index (χ4v) is 3.46. The number of nitrogens with zero attached hydrogens (tertiary/aromatic N) is 2. The lowest BCUT2D eigenvalue weighted by Gasteiger charge is -2.36. The minimum Gasteiger partial charge on any atom is -0.370 e. The van der Waals surface area contributed by atoms with Crippen molar-refractivity contribution in [3.05, 3.63) is 11.6 Å². The predicted octanol–water partition coefficient (Wildman–Crippen LogP) is 2.63. The summed E-state index contributed by atoms with van der Waals surface area (Å²) in [5.41, 5.74) is 7.59. The highest BCUT2D eigenvalue weighted by Crippen LogP contribution is 2.33. The number of aliphatic imine (C=N–C) groups is 1. The molecule has 1 aliphatic carbocycles. The topological polar surface area (TPSA) is 41.6 Å². The maximum absolute atomic E-state index is 6.05. The van der Waals surface area contributed by atoms with Crippen LogP contribution in [0.4, 0.5) is 0 Å². The van der Waals surface area contributed by atoms with E-state index in [1.165, 1.54) is 18.4 Å². The van der Waals surface area contributed by atoms with E-state index in [0.29, 0.717) is 23.8 Å². The molecule has 3 heteroatoms. The van der Waals surface area contributed by atoms with Gasteiger partial charge in [-0.1, -0.05) is 32.4 Å². The standard InChI is InChI=1S/C15H27N3/c1-10(2)9-18-14(8-17-15(18)16)13-6-11(3)5-12(4)7-13/h5,10-11,13-14H,6-9H2,1-4H3,(H2,16,17). The molecule has 0 saturated carbocycles. The van der Waals surface area contributed by atoms with E-state index in [2.05, 4.69) is 43.7 Å². The summed E-state index contributed by atoms with van der Waals surface area (Å²) in [6, 6.07) is 0.526. The fraction of sp³-hybridized carbons (Fsp3) is 0.800. The largest absolute Gasteiger partial charge is 0.370 e. The van der Waals surface area contributed by atoms with E-state index in [4.69, 9.17) is 5.73 Å². The van der Waals surface area contributed by atoms with E-state index in [0.717, 1.165) is 19.0 Å². The molecule has 0 aromatic heterocycles. The molecule has 3 nitrogen and oxygen atoms in total. The van der Waals surface area contributed by atoms with Crippen molar-refractivity contribution < 1.29 is 0 Å². The molecule has 0 saturated heterocycles. The Hall–Kier alpha value is -0.990. The van der Waals surface area contributed by atoms with Crippen molar-refractivity contribution in [3.8, 4) is 0 Å². The first-order valence-corrected chi connectivity index (χ1v) is 7.21. The molecule has 0 amide bonds. The van der Waals surface area contributed by atoms with Crippen molar-refractivity contribution in [2.24, 2.45) is 28.5 Å². The molecule has 3 unspecified atom stereocenters. The summed E-state index contributed by atoms with van der Waals surface area (Å²) in [6.07, 6.45) is 4.91. The number of allylic oxidation sites excluding steroid dienone is 2. The maximum atomic E-state index is 6.05. The highest BCUT2D eigenvalue weighted by molar-refractivity contribution is 5.80. The first-order chi connectivity index (χ1) is 8.47. The van der Waals surface area contributed by atoms with Crippen LogP contribution in [0.2, 0.25) is 0 Å². The van der Waals surface area contributed by atoms with Gasteiger partial charge >= 0.3 is 0 Å². The van der Waals surface area contributed by atoms with E-state index in [1.807, 2.05) is 0 Å². The summed E-state index contributed by atoms with van der Waals surface area (Å²) in [6.45, 7) is 11.0. The second-order valence-corrected chi connectivity index (χ2v) is 6.50. The van der Waals surface area contributed by atoms with Crippen molar-refractivity contribution in [1.82, 2.24) is 4.90 Å². The molecule has 1 heterocycles. The SMILES string of the molecule is CC1=CC(C)CC(C2CN=C(N)N2CC(C)C)C1. The molecule has 0 aromatic carbocycles. The van der Waals surface area contributed by atoms with Crippen LogP contribution in [0.3, 0.4) is 0 Å². The van der Waals surface area contributed by atoms with Crippen LogP contribution in [0.1, 0.15) is 40.5 Å². The number of rotatable bonds is 3. The second-order valence-electron chi connectivity index (χ2n) is 6.50. The summed E-state index contributed by atoms with van der Waals surface area (Å²) < 4.78 is 0. The molecule has 18 heavy (non-hydrogen) atoms. The molecule has 0 fully saturated rings. The van der Waals surface area contributed by atoms with Crippen LogP contribution in [-0.2, 0) is 0 Å². The van der Waals surface area contributed by atoms with Gasteiger partial charge in [-0.3, -0.25) is 4.99 Å². The normalized spacial score (nSPS) is 32.7. The quantitative estimate of drug-likeness (QED) is 0.781. The molecule has 1 aliphatic heterocycles. The van der Waals surface area contributed by atoms with Crippen LogP contribution < -0.4 is 5.73 Å². The molecule has 2 N–H and O–H groups in total. The Morgan fingerprint density at radius 2 is 2.22 bits per heavy atom. The highest BCUT2D eigenvalue weighted by atomic mass is 15.3. The Morgan fingerprint density at radius 3 is 2.83 bits per heavy atom. The van der Waals surface area contributed by atoms with Gasteiger partial charge in [-0.2, -0.15) is 0 Å². The van der Waals surface area contributed by atoms with E-state index < -0.39 is 0 Å². The molecular formula is C15H27N3. The van der Waals surface area contributed by atoms with Crippen molar-refractivity contribution in [2.45, 2.75) is 46.6 Å². The smallest absolute Gasteiger partial charge is 0.191 e. The molecular weight excluding hydrogens is 222 g/mol. The molecule has 102 valence electrons. The van der Waals surface area contributed by atoms with Crippen molar-refractivity contribution in [3.63, 3.8) is 0 Å². The maximum Gasteiger partial charge on any atom is 0.191 e. The average Bonchev–Trinajstić information content (AvgIpc) is 2.58. The summed E-state index contributed by atoms with van der Waals surface area (Å²) in [5.74, 6) is 2.81. The summed E-state index contributed by atoms with van der Waals surface area (Å²) in [5, 5.41) is 0. The molecule has 0 aromatic rings. The van der Waals surface area contributed by atoms with Crippen LogP contribution >= 0.6 is 0 Å². The lowest BCUT2D eigenvalue weighted by Crippen LogP contribution is -2.47. The number of nitrogens with two attached hydrogens (primary N) is 1. The zero-order chi connectivity index (χ0) is 13.3. The average molecular weight is 249 g/mol. The number of hydrogen-bond acceptors (Lipinski definition) is 3. The van der Waals surface area contributed by atoms with Gasteiger partial charge in [-0.05, 0) is 37.5 Å². The molecule has 0 radical (unpaired) electrons. The summed E-state index contributed by atoms with van der Waals surface area (Å²) in [4.78, 5) is 6.83. The van der Waals surface area contributed by atoms with Crippen molar-refractivity contribution in [2.75, 3.05) is 13.1 Å². The van der Waals surface area contributed by atoms with Gasteiger partial charge in [-0.25, -0.2) is 0 Å².